The molecule has 154 valence electrons. The number of rotatable bonds is 8. The summed E-state index contributed by atoms with van der Waals surface area (Å²) in [6.45, 7) is 14.4. The molecule has 0 bridgehead atoms. The van der Waals surface area contributed by atoms with E-state index < -0.39 is 26.3 Å². The van der Waals surface area contributed by atoms with E-state index in [9.17, 15) is 13.2 Å². The molecule has 3 N–H and O–H groups in total. The predicted molar refractivity (Wildman–Crippen MR) is 106 cm³/mol. The Labute approximate surface area is 158 Å². The third kappa shape index (κ3) is 11.2. The number of nitrogens with zero attached hydrogens (tertiary/aromatic N) is 1. The van der Waals surface area contributed by atoms with Crippen molar-refractivity contribution in [2.75, 3.05) is 31.9 Å². The van der Waals surface area contributed by atoms with E-state index in [-0.39, 0.29) is 5.75 Å². The molecule has 0 atom stereocenters. The number of guanidine groups is 1. The van der Waals surface area contributed by atoms with Crippen LogP contribution in [0, 0.1) is 0 Å². The minimum Gasteiger partial charge on any atom is -0.444 e. The number of carbonyl (C=O) groups is 1. The number of hydrogen-bond donors (Lipinski definition) is 3. The van der Waals surface area contributed by atoms with E-state index in [2.05, 4.69) is 20.9 Å². The summed E-state index contributed by atoms with van der Waals surface area (Å²) in [4.78, 5) is 15.9. The molecule has 0 aromatic rings. The Morgan fingerprint density at radius 3 is 2.12 bits per heavy atom. The lowest BCUT2D eigenvalue weighted by Crippen LogP contribution is -2.42. The van der Waals surface area contributed by atoms with Gasteiger partial charge >= 0.3 is 6.09 Å². The van der Waals surface area contributed by atoms with Crippen LogP contribution in [0.3, 0.4) is 0 Å². The molecule has 0 saturated carbocycles. The molecular weight excluding hydrogens is 356 g/mol. The summed E-state index contributed by atoms with van der Waals surface area (Å²) < 4.78 is 28.6. The Hall–Kier alpha value is -1.51. The van der Waals surface area contributed by atoms with Gasteiger partial charge in [-0.15, -0.1) is 0 Å². The molecule has 9 heteroatoms. The van der Waals surface area contributed by atoms with Crippen LogP contribution in [-0.2, 0) is 14.6 Å². The summed E-state index contributed by atoms with van der Waals surface area (Å²) in [7, 11) is -3.17. The fourth-order valence-corrected chi connectivity index (χ4v) is 2.71. The van der Waals surface area contributed by atoms with Gasteiger partial charge in [0.05, 0.1) is 10.5 Å². The predicted octanol–water partition coefficient (Wildman–Crippen LogP) is 1.67. The molecule has 1 amide bonds. The Balaban J connectivity index is 4.27. The first-order valence-electron chi connectivity index (χ1n) is 9.00. The lowest BCUT2D eigenvalue weighted by atomic mass is 10.2. The number of nitrogens with one attached hydrogen (secondary N) is 3. The van der Waals surface area contributed by atoms with Crippen molar-refractivity contribution in [3.8, 4) is 0 Å². The fraction of sp³-hybridized carbons (Fsp3) is 0.882. The van der Waals surface area contributed by atoms with Crippen LogP contribution in [0.4, 0.5) is 4.79 Å². The zero-order chi connectivity index (χ0) is 20.4. The van der Waals surface area contributed by atoms with Gasteiger partial charge in [0.25, 0.3) is 0 Å². The molecule has 26 heavy (non-hydrogen) atoms. The Morgan fingerprint density at radius 1 is 1.00 bits per heavy atom. The standard InChI is InChI=1S/C17H36N4O4S/c1-8-18-14(20-12-13-26(23,24)17(5,6)7)19-10-9-11-21-15(22)25-16(2,3)4/h8-13H2,1-7H3,(H,21,22)(H2,18,19,20). The highest BCUT2D eigenvalue weighted by Gasteiger charge is 2.28. The van der Waals surface area contributed by atoms with E-state index in [0.717, 1.165) is 0 Å². The molecule has 0 rings (SSSR count). The summed E-state index contributed by atoms with van der Waals surface area (Å²) in [6, 6.07) is 0. The number of alkyl carbamates (subject to hydrolysis) is 1. The maximum atomic E-state index is 12.1. The van der Waals surface area contributed by atoms with E-state index >= 15 is 0 Å². The zero-order valence-corrected chi connectivity index (χ0v) is 18.0. The van der Waals surface area contributed by atoms with Crippen LogP contribution in [0.1, 0.15) is 54.9 Å². The fourth-order valence-electron chi connectivity index (χ4n) is 1.73. The number of sulfone groups is 1. The van der Waals surface area contributed by atoms with Gasteiger partial charge in [0.2, 0.25) is 0 Å². The normalized spacial score (nSPS) is 13.3. The number of hydrogen-bond acceptors (Lipinski definition) is 5. The van der Waals surface area contributed by atoms with Crippen LogP contribution < -0.4 is 16.0 Å². The minimum atomic E-state index is -3.17. The summed E-state index contributed by atoms with van der Waals surface area (Å²) in [5.41, 5.74) is -0.516. The molecular formula is C17H36N4O4S. The largest absolute Gasteiger partial charge is 0.444 e. The van der Waals surface area contributed by atoms with E-state index in [1.165, 1.54) is 0 Å². The first kappa shape index (κ1) is 24.5. The highest BCUT2D eigenvalue weighted by atomic mass is 32.2. The molecule has 0 heterocycles. The number of amides is 1. The van der Waals surface area contributed by atoms with Crippen molar-refractivity contribution in [3.05, 3.63) is 0 Å². The summed E-state index contributed by atoms with van der Waals surface area (Å²) in [5.74, 6) is 0.607. The van der Waals surface area contributed by atoms with Crippen LogP contribution in [0.5, 0.6) is 0 Å². The van der Waals surface area contributed by atoms with Crippen molar-refractivity contribution in [2.45, 2.75) is 65.2 Å². The average Bonchev–Trinajstić information content (AvgIpc) is 2.43. The van der Waals surface area contributed by atoms with Gasteiger partial charge in [-0.3, -0.25) is 4.99 Å². The van der Waals surface area contributed by atoms with Crippen molar-refractivity contribution < 1.29 is 17.9 Å². The van der Waals surface area contributed by atoms with Gasteiger partial charge in [0.15, 0.2) is 15.8 Å². The maximum Gasteiger partial charge on any atom is 0.407 e. The van der Waals surface area contributed by atoms with Gasteiger partial charge in [0, 0.05) is 26.2 Å². The molecule has 0 radical (unpaired) electrons. The molecule has 0 aliphatic heterocycles. The van der Waals surface area contributed by atoms with Crippen molar-refractivity contribution >= 4 is 21.9 Å². The third-order valence-corrected chi connectivity index (χ3v) is 5.82. The lowest BCUT2D eigenvalue weighted by molar-refractivity contribution is 0.0527. The molecule has 0 aliphatic rings. The molecule has 0 saturated heterocycles. The maximum absolute atomic E-state index is 12.1. The Kier molecular flexibility index (Phi) is 9.98. The zero-order valence-electron chi connectivity index (χ0n) is 17.2. The van der Waals surface area contributed by atoms with Crippen LogP contribution in [0.2, 0.25) is 0 Å². The summed E-state index contributed by atoms with van der Waals surface area (Å²) in [5, 5.41) is 8.77. The average molecular weight is 393 g/mol. The quantitative estimate of drug-likeness (QED) is 0.329. The van der Waals surface area contributed by atoms with Crippen LogP contribution in [-0.4, -0.2) is 62.8 Å². The monoisotopic (exact) mass is 392 g/mol. The third-order valence-electron chi connectivity index (χ3n) is 3.21. The topological polar surface area (TPSA) is 109 Å². The van der Waals surface area contributed by atoms with Crippen LogP contribution in [0.25, 0.3) is 0 Å². The van der Waals surface area contributed by atoms with Gasteiger partial charge in [-0.25, -0.2) is 13.2 Å². The number of carbonyl (C=O) groups excluding carboxylic acids is 1. The van der Waals surface area contributed by atoms with Gasteiger partial charge in [-0.1, -0.05) is 0 Å². The van der Waals surface area contributed by atoms with Gasteiger partial charge in [-0.2, -0.15) is 0 Å². The first-order chi connectivity index (χ1) is 11.8. The van der Waals surface area contributed by atoms with Gasteiger partial charge in [0.1, 0.15) is 5.60 Å². The van der Waals surface area contributed by atoms with Crippen LogP contribution >= 0.6 is 0 Å². The lowest BCUT2D eigenvalue weighted by Gasteiger charge is -2.20. The summed E-state index contributed by atoms with van der Waals surface area (Å²) in [6.07, 6.45) is 0.203. The smallest absolute Gasteiger partial charge is 0.407 e. The molecule has 0 aromatic heterocycles. The van der Waals surface area contributed by atoms with Crippen molar-refractivity contribution in [3.63, 3.8) is 0 Å². The second-order valence-corrected chi connectivity index (χ2v) is 10.8. The van der Waals surface area contributed by atoms with Crippen LogP contribution in [0.15, 0.2) is 4.99 Å². The van der Waals surface area contributed by atoms with Crippen molar-refractivity contribution in [1.29, 1.82) is 0 Å². The highest BCUT2D eigenvalue weighted by Crippen LogP contribution is 2.15. The van der Waals surface area contributed by atoms with E-state index in [1.807, 2.05) is 27.7 Å². The van der Waals surface area contributed by atoms with Crippen molar-refractivity contribution in [1.82, 2.24) is 16.0 Å². The number of aliphatic imine (C=N–C) groups is 1. The van der Waals surface area contributed by atoms with Gasteiger partial charge in [-0.05, 0) is 54.9 Å². The Bertz CT molecular complexity index is 560. The Morgan fingerprint density at radius 2 is 1.62 bits per heavy atom. The number of ether oxygens (including phenoxy) is 1. The molecule has 0 aromatic carbocycles. The first-order valence-corrected chi connectivity index (χ1v) is 10.6. The molecule has 0 spiro atoms. The summed E-state index contributed by atoms with van der Waals surface area (Å²) >= 11 is 0. The minimum absolute atomic E-state index is 0.0428. The van der Waals surface area contributed by atoms with E-state index in [0.29, 0.717) is 38.6 Å². The van der Waals surface area contributed by atoms with Crippen molar-refractivity contribution in [2.24, 2.45) is 4.99 Å². The van der Waals surface area contributed by atoms with E-state index in [1.54, 1.807) is 20.8 Å². The second-order valence-electron chi connectivity index (χ2n) is 7.90. The highest BCUT2D eigenvalue weighted by molar-refractivity contribution is 7.92. The molecule has 0 unspecified atom stereocenters. The SMILES string of the molecule is CCNC(=NCCCNC(=O)OC(C)(C)C)NCCS(=O)(=O)C(C)(C)C. The molecule has 0 fully saturated rings. The second kappa shape index (κ2) is 10.6. The molecule has 8 nitrogen and oxygen atoms in total. The van der Waals surface area contributed by atoms with Gasteiger partial charge < -0.3 is 20.7 Å². The van der Waals surface area contributed by atoms with E-state index in [4.69, 9.17) is 4.74 Å². The molecule has 0 aliphatic carbocycles.